The molecule has 0 fully saturated rings. The second kappa shape index (κ2) is 8.95. The molecule has 5 nitrogen and oxygen atoms in total. The first kappa shape index (κ1) is 20.5. The van der Waals surface area contributed by atoms with Crippen LogP contribution in [0.5, 0.6) is 5.75 Å². The SMILES string of the molecule is O=C(NCCCCc1n[nH]c2cc(-c3cc(F)cc(F)c3)ccc12)c1ccccc1O. The lowest BCUT2D eigenvalue weighted by Crippen LogP contribution is -2.24. The first-order valence-electron chi connectivity index (χ1n) is 10.0. The van der Waals surface area contributed by atoms with Crippen molar-refractivity contribution in [2.45, 2.75) is 19.3 Å². The van der Waals surface area contributed by atoms with Crippen molar-refractivity contribution in [2.24, 2.45) is 0 Å². The van der Waals surface area contributed by atoms with E-state index in [9.17, 15) is 18.7 Å². The molecule has 1 heterocycles. The summed E-state index contributed by atoms with van der Waals surface area (Å²) in [6.45, 7) is 0.491. The molecule has 0 aliphatic carbocycles. The van der Waals surface area contributed by atoms with Gasteiger partial charge >= 0.3 is 0 Å². The summed E-state index contributed by atoms with van der Waals surface area (Å²) in [5.74, 6) is -1.57. The van der Waals surface area contributed by atoms with E-state index in [4.69, 9.17) is 0 Å². The average molecular weight is 421 g/mol. The van der Waals surface area contributed by atoms with Crippen molar-refractivity contribution in [3.8, 4) is 16.9 Å². The van der Waals surface area contributed by atoms with Crippen molar-refractivity contribution in [3.63, 3.8) is 0 Å². The number of amides is 1. The number of aromatic hydroxyl groups is 1. The molecule has 3 aromatic carbocycles. The normalized spacial score (nSPS) is 11.0. The fraction of sp³-hybridized carbons (Fsp3) is 0.167. The maximum Gasteiger partial charge on any atom is 0.255 e. The Hall–Kier alpha value is -3.74. The second-order valence-corrected chi connectivity index (χ2v) is 7.32. The molecule has 0 bridgehead atoms. The minimum atomic E-state index is -0.616. The van der Waals surface area contributed by atoms with Crippen LogP contribution in [0.15, 0.2) is 60.7 Å². The average Bonchev–Trinajstić information content (AvgIpc) is 3.15. The number of carbonyl (C=O) groups excluding carboxylic acids is 1. The van der Waals surface area contributed by atoms with Crippen LogP contribution in [0.25, 0.3) is 22.0 Å². The van der Waals surface area contributed by atoms with Crippen LogP contribution in [0.4, 0.5) is 8.78 Å². The number of phenols is 1. The molecule has 4 aromatic rings. The van der Waals surface area contributed by atoms with Crippen LogP contribution in [0, 0.1) is 11.6 Å². The van der Waals surface area contributed by atoms with E-state index < -0.39 is 11.6 Å². The molecule has 0 aliphatic heterocycles. The van der Waals surface area contributed by atoms with Crippen LogP contribution < -0.4 is 5.32 Å². The summed E-state index contributed by atoms with van der Waals surface area (Å²) in [6, 6.07) is 15.4. The fourth-order valence-corrected chi connectivity index (χ4v) is 3.55. The van der Waals surface area contributed by atoms with Crippen LogP contribution in [-0.2, 0) is 6.42 Å². The zero-order chi connectivity index (χ0) is 21.8. The Morgan fingerprint density at radius 3 is 2.52 bits per heavy atom. The van der Waals surface area contributed by atoms with E-state index >= 15 is 0 Å². The summed E-state index contributed by atoms with van der Waals surface area (Å²) in [4.78, 5) is 12.1. The van der Waals surface area contributed by atoms with Gasteiger partial charge in [0.25, 0.3) is 5.91 Å². The highest BCUT2D eigenvalue weighted by molar-refractivity contribution is 5.96. The van der Waals surface area contributed by atoms with Gasteiger partial charge in [0.05, 0.1) is 16.8 Å². The number of aryl methyl sites for hydroxylation is 1. The number of aromatic amines is 1. The topological polar surface area (TPSA) is 78.0 Å². The number of rotatable bonds is 7. The number of nitrogens with one attached hydrogen (secondary N) is 2. The predicted molar refractivity (Wildman–Crippen MR) is 115 cm³/mol. The van der Waals surface area contributed by atoms with Gasteiger partial charge < -0.3 is 10.4 Å². The molecule has 0 atom stereocenters. The Morgan fingerprint density at radius 1 is 0.968 bits per heavy atom. The van der Waals surface area contributed by atoms with Crippen LogP contribution >= 0.6 is 0 Å². The molecule has 0 spiro atoms. The number of hydrogen-bond acceptors (Lipinski definition) is 3. The zero-order valence-corrected chi connectivity index (χ0v) is 16.7. The van der Waals surface area contributed by atoms with E-state index in [1.807, 2.05) is 18.2 Å². The minimum Gasteiger partial charge on any atom is -0.507 e. The maximum absolute atomic E-state index is 13.5. The highest BCUT2D eigenvalue weighted by atomic mass is 19.1. The van der Waals surface area contributed by atoms with Gasteiger partial charge in [0, 0.05) is 18.0 Å². The first-order chi connectivity index (χ1) is 15.0. The number of halogens is 2. The number of benzene rings is 3. The van der Waals surface area contributed by atoms with Gasteiger partial charge in [0.2, 0.25) is 0 Å². The molecule has 0 saturated heterocycles. The minimum absolute atomic E-state index is 0.0386. The summed E-state index contributed by atoms with van der Waals surface area (Å²) in [7, 11) is 0. The lowest BCUT2D eigenvalue weighted by atomic mass is 10.0. The molecular weight excluding hydrogens is 400 g/mol. The van der Waals surface area contributed by atoms with Gasteiger partial charge in [-0.25, -0.2) is 8.78 Å². The number of nitrogens with zero attached hydrogens (tertiary/aromatic N) is 1. The van der Waals surface area contributed by atoms with Crippen molar-refractivity contribution in [1.29, 1.82) is 0 Å². The van der Waals surface area contributed by atoms with Crippen molar-refractivity contribution in [3.05, 3.63) is 83.6 Å². The smallest absolute Gasteiger partial charge is 0.255 e. The van der Waals surface area contributed by atoms with Gasteiger partial charge in [-0.15, -0.1) is 0 Å². The number of carbonyl (C=O) groups is 1. The van der Waals surface area contributed by atoms with Crippen molar-refractivity contribution in [2.75, 3.05) is 6.54 Å². The lowest BCUT2D eigenvalue weighted by molar-refractivity contribution is 0.0950. The number of unbranched alkanes of at least 4 members (excludes halogenated alkanes) is 1. The highest BCUT2D eigenvalue weighted by Gasteiger charge is 2.11. The summed E-state index contributed by atoms with van der Waals surface area (Å²) in [5.41, 5.74) is 3.13. The Bertz CT molecular complexity index is 1220. The molecular formula is C24H21F2N3O2. The number of phenolic OH excluding ortho intramolecular Hbond substituents is 1. The van der Waals surface area contributed by atoms with Crippen LogP contribution in [-0.4, -0.2) is 27.8 Å². The third-order valence-corrected chi connectivity index (χ3v) is 5.11. The summed E-state index contributed by atoms with van der Waals surface area (Å²) >= 11 is 0. The van der Waals surface area contributed by atoms with E-state index in [2.05, 4.69) is 15.5 Å². The Labute approximate surface area is 177 Å². The van der Waals surface area contributed by atoms with E-state index in [0.717, 1.165) is 41.9 Å². The fourth-order valence-electron chi connectivity index (χ4n) is 3.55. The molecule has 0 unspecified atom stereocenters. The highest BCUT2D eigenvalue weighted by Crippen LogP contribution is 2.27. The van der Waals surface area contributed by atoms with Crippen LogP contribution in [0.1, 0.15) is 28.9 Å². The van der Waals surface area contributed by atoms with Crippen LogP contribution in [0.2, 0.25) is 0 Å². The number of H-pyrrole nitrogens is 1. The number of para-hydroxylation sites is 1. The molecule has 0 radical (unpaired) electrons. The zero-order valence-electron chi connectivity index (χ0n) is 16.7. The van der Waals surface area contributed by atoms with Gasteiger partial charge in [0.1, 0.15) is 17.4 Å². The molecule has 7 heteroatoms. The van der Waals surface area contributed by atoms with E-state index in [-0.39, 0.29) is 17.2 Å². The molecule has 0 saturated carbocycles. The summed E-state index contributed by atoms with van der Waals surface area (Å²) in [6.07, 6.45) is 2.30. The molecule has 1 aromatic heterocycles. The third kappa shape index (κ3) is 4.71. The predicted octanol–water partition coefficient (Wildman–Crippen LogP) is 4.97. The van der Waals surface area contributed by atoms with Gasteiger partial charge in [-0.2, -0.15) is 5.10 Å². The maximum atomic E-state index is 13.5. The monoisotopic (exact) mass is 421 g/mol. The van der Waals surface area contributed by atoms with Gasteiger partial charge in [-0.05, 0) is 60.7 Å². The standard InChI is InChI=1S/C24H21F2N3O2/c25-17-11-16(12-18(26)14-17)15-8-9-19-21(28-29-22(19)13-15)6-3-4-10-27-24(31)20-5-1-2-7-23(20)30/h1-2,5,7-9,11-14,30H,3-4,6,10H2,(H,27,31)(H,28,29). The summed E-state index contributed by atoms with van der Waals surface area (Å²) in [5, 5.41) is 20.8. The number of aromatic nitrogens is 2. The first-order valence-corrected chi connectivity index (χ1v) is 10.0. The molecule has 4 rings (SSSR count). The molecule has 158 valence electrons. The van der Waals surface area contributed by atoms with Crippen LogP contribution in [0.3, 0.4) is 0 Å². The van der Waals surface area contributed by atoms with Crippen molar-refractivity contribution < 1.29 is 18.7 Å². The molecule has 31 heavy (non-hydrogen) atoms. The van der Waals surface area contributed by atoms with Gasteiger partial charge in [-0.3, -0.25) is 9.89 Å². The van der Waals surface area contributed by atoms with E-state index in [1.54, 1.807) is 18.2 Å². The van der Waals surface area contributed by atoms with Crippen molar-refractivity contribution >= 4 is 16.8 Å². The van der Waals surface area contributed by atoms with Gasteiger partial charge in [-0.1, -0.05) is 24.3 Å². The molecule has 3 N–H and O–H groups in total. The van der Waals surface area contributed by atoms with Crippen molar-refractivity contribution in [1.82, 2.24) is 15.5 Å². The number of hydrogen-bond donors (Lipinski definition) is 3. The Balaban J connectivity index is 1.34. The largest absolute Gasteiger partial charge is 0.507 e. The van der Waals surface area contributed by atoms with E-state index in [0.29, 0.717) is 17.7 Å². The summed E-state index contributed by atoms with van der Waals surface area (Å²) < 4.78 is 27.0. The Morgan fingerprint density at radius 2 is 1.74 bits per heavy atom. The molecule has 1 amide bonds. The number of fused-ring (bicyclic) bond motifs is 1. The third-order valence-electron chi connectivity index (χ3n) is 5.11. The molecule has 0 aliphatic rings. The van der Waals surface area contributed by atoms with Gasteiger partial charge in [0.15, 0.2) is 0 Å². The van der Waals surface area contributed by atoms with E-state index in [1.165, 1.54) is 18.2 Å². The quantitative estimate of drug-likeness (QED) is 0.369. The lowest BCUT2D eigenvalue weighted by Gasteiger charge is -2.06. The second-order valence-electron chi connectivity index (χ2n) is 7.32. The Kier molecular flexibility index (Phi) is 5.93.